The number of para-hydroxylation sites is 4. The van der Waals surface area contributed by atoms with Gasteiger partial charge in [-0.15, -0.1) is 0 Å². The van der Waals surface area contributed by atoms with Crippen LogP contribution in [0.3, 0.4) is 0 Å². The first-order valence-electron chi connectivity index (χ1n) is 9.11. The fourth-order valence-electron chi connectivity index (χ4n) is 2.86. The predicted octanol–water partition coefficient (Wildman–Crippen LogP) is 4.58. The molecule has 0 spiro atoms. The van der Waals surface area contributed by atoms with E-state index in [-0.39, 0.29) is 11.6 Å². The van der Waals surface area contributed by atoms with Crippen molar-refractivity contribution in [2.24, 2.45) is 0 Å². The zero-order valence-electron chi connectivity index (χ0n) is 15.8. The summed E-state index contributed by atoms with van der Waals surface area (Å²) in [6.07, 6.45) is 3.47. The molecule has 8 nitrogen and oxygen atoms in total. The van der Waals surface area contributed by atoms with Crippen molar-refractivity contribution in [1.29, 1.82) is 0 Å². The molecule has 0 amide bonds. The molecule has 0 atom stereocenters. The molecule has 1 heterocycles. The highest BCUT2D eigenvalue weighted by Gasteiger charge is 2.03. The van der Waals surface area contributed by atoms with Crippen LogP contribution in [0.2, 0.25) is 0 Å². The molecule has 0 bridgehead atoms. The van der Waals surface area contributed by atoms with Gasteiger partial charge >= 0.3 is 0 Å². The van der Waals surface area contributed by atoms with Crippen molar-refractivity contribution in [3.8, 4) is 0 Å². The molecular weight excluding hydrogens is 380 g/mol. The van der Waals surface area contributed by atoms with E-state index in [1.807, 2.05) is 47.4 Å². The van der Waals surface area contributed by atoms with E-state index in [9.17, 15) is 10.4 Å². The number of fused-ring (bicyclic) bond motifs is 3. The number of rotatable bonds is 2. The van der Waals surface area contributed by atoms with Gasteiger partial charge in [0.15, 0.2) is 11.6 Å². The average Bonchev–Trinajstić information content (AvgIpc) is 2.80. The molecule has 4 N–H and O–H groups in total. The van der Waals surface area contributed by atoms with E-state index in [2.05, 4.69) is 19.9 Å². The van der Waals surface area contributed by atoms with Gasteiger partial charge < -0.3 is 0 Å². The molecule has 3 aromatic carbocycles. The molecule has 4 rings (SSSR count). The summed E-state index contributed by atoms with van der Waals surface area (Å²) >= 11 is 0. The number of nitrogens with one attached hydrogen (secondary N) is 2. The van der Waals surface area contributed by atoms with Crippen molar-refractivity contribution in [3.05, 3.63) is 85.2 Å². The first-order chi connectivity index (χ1) is 14.8. The summed E-state index contributed by atoms with van der Waals surface area (Å²) in [4.78, 5) is 17.9. The van der Waals surface area contributed by atoms with Gasteiger partial charge in [-0.3, -0.25) is 20.4 Å². The van der Waals surface area contributed by atoms with Crippen molar-refractivity contribution < 1.29 is 10.4 Å². The minimum atomic E-state index is -0.0867. The van der Waals surface area contributed by atoms with Crippen LogP contribution in [0.15, 0.2) is 85.2 Å². The quantitative estimate of drug-likeness (QED) is 0.363. The van der Waals surface area contributed by atoms with Crippen LogP contribution in [-0.2, 0) is 0 Å². The van der Waals surface area contributed by atoms with Crippen LogP contribution in [0.5, 0.6) is 0 Å². The average molecular weight is 398 g/mol. The van der Waals surface area contributed by atoms with Crippen LogP contribution >= 0.6 is 0 Å². The molecule has 148 valence electrons. The van der Waals surface area contributed by atoms with E-state index in [4.69, 9.17) is 0 Å². The van der Waals surface area contributed by atoms with Crippen molar-refractivity contribution >= 4 is 44.5 Å². The van der Waals surface area contributed by atoms with Gasteiger partial charge in [0.2, 0.25) is 0 Å². The van der Waals surface area contributed by atoms with E-state index < -0.39 is 0 Å². The lowest BCUT2D eigenvalue weighted by Gasteiger charge is -2.03. The molecule has 0 unspecified atom stereocenters. The summed E-state index contributed by atoms with van der Waals surface area (Å²) in [5.74, 6) is -0.173. The van der Waals surface area contributed by atoms with E-state index in [1.165, 1.54) is 0 Å². The maximum Gasteiger partial charge on any atom is 0.195 e. The van der Waals surface area contributed by atoms with Crippen molar-refractivity contribution in [2.45, 2.75) is 0 Å². The third-order valence-electron chi connectivity index (χ3n) is 4.35. The Balaban J connectivity index is 2.23. The second-order valence-electron chi connectivity index (χ2n) is 6.27. The summed E-state index contributed by atoms with van der Waals surface area (Å²) in [5, 5.41) is 21.0. The summed E-state index contributed by atoms with van der Waals surface area (Å²) < 4.78 is 0. The number of nitrogens with zero attached hydrogens (tertiary/aromatic N) is 4. The third-order valence-corrected chi connectivity index (χ3v) is 4.35. The van der Waals surface area contributed by atoms with E-state index >= 15 is 0 Å². The Morgan fingerprint density at radius 2 is 0.867 bits per heavy atom. The third kappa shape index (κ3) is 4.14. The van der Waals surface area contributed by atoms with Gasteiger partial charge in [0.05, 0.1) is 22.1 Å². The Morgan fingerprint density at radius 3 is 1.27 bits per heavy atom. The van der Waals surface area contributed by atoms with Gasteiger partial charge in [-0.2, -0.15) is 0 Å². The highest BCUT2D eigenvalue weighted by atomic mass is 16.5. The molecule has 0 saturated heterocycles. The Hall–Kier alpha value is -4.14. The lowest BCUT2D eigenvalue weighted by molar-refractivity contribution is 0.374. The summed E-state index contributed by atoms with van der Waals surface area (Å²) in [6, 6.07) is 22.1. The molecule has 0 radical (unpaired) electrons. The van der Waals surface area contributed by atoms with Crippen LogP contribution in [-0.4, -0.2) is 30.4 Å². The SMILES string of the molecule is ONc1nc2ccccc2ncc2ccccc2cnc2ccccc2nc1NO. The first kappa shape index (κ1) is 19.2. The minimum Gasteiger partial charge on any atom is -0.290 e. The smallest absolute Gasteiger partial charge is 0.195 e. The molecular formula is C22H18N6O2. The minimum absolute atomic E-state index is 0.0867. The van der Waals surface area contributed by atoms with Gasteiger partial charge in [0, 0.05) is 23.2 Å². The van der Waals surface area contributed by atoms with Crippen LogP contribution < -0.4 is 11.0 Å². The topological polar surface area (TPSA) is 116 Å². The van der Waals surface area contributed by atoms with Crippen LogP contribution in [0.4, 0.5) is 11.6 Å². The lowest BCUT2D eigenvalue weighted by Crippen LogP contribution is -2.01. The fourth-order valence-corrected chi connectivity index (χ4v) is 2.86. The second-order valence-corrected chi connectivity index (χ2v) is 6.27. The molecule has 30 heavy (non-hydrogen) atoms. The molecule has 0 saturated carbocycles. The summed E-state index contributed by atoms with van der Waals surface area (Å²) in [5.41, 5.74) is 6.06. The molecule has 0 aliphatic heterocycles. The number of hydrogen-bond acceptors (Lipinski definition) is 8. The molecule has 8 heteroatoms. The molecule has 1 aromatic heterocycles. The number of anilines is 2. The summed E-state index contributed by atoms with van der Waals surface area (Å²) in [7, 11) is 0. The fraction of sp³-hybridized carbons (Fsp3) is 0. The summed E-state index contributed by atoms with van der Waals surface area (Å²) in [6.45, 7) is 0. The zero-order chi connectivity index (χ0) is 20.8. The number of benzene rings is 3. The molecule has 0 fully saturated rings. The zero-order valence-corrected chi connectivity index (χ0v) is 15.8. The maximum atomic E-state index is 9.62. The normalized spacial score (nSPS) is 10.3. The Bertz CT molecular complexity index is 1240. The first-order valence-corrected chi connectivity index (χ1v) is 9.11. The number of hydrogen-bond donors (Lipinski definition) is 4. The van der Waals surface area contributed by atoms with Gasteiger partial charge in [0.1, 0.15) is 0 Å². The largest absolute Gasteiger partial charge is 0.290 e. The van der Waals surface area contributed by atoms with Gasteiger partial charge in [-0.25, -0.2) is 20.9 Å². The van der Waals surface area contributed by atoms with E-state index in [1.54, 1.807) is 48.8 Å². The van der Waals surface area contributed by atoms with Gasteiger partial charge in [-0.1, -0.05) is 48.5 Å². The van der Waals surface area contributed by atoms with Gasteiger partial charge in [0.25, 0.3) is 0 Å². The molecule has 0 aliphatic rings. The second kappa shape index (κ2) is 8.91. The Morgan fingerprint density at radius 1 is 0.500 bits per heavy atom. The van der Waals surface area contributed by atoms with E-state index in [0.29, 0.717) is 22.1 Å². The van der Waals surface area contributed by atoms with Crippen LogP contribution in [0.25, 0.3) is 32.8 Å². The van der Waals surface area contributed by atoms with Crippen molar-refractivity contribution in [3.63, 3.8) is 0 Å². The lowest BCUT2D eigenvalue weighted by atomic mass is 10.2. The highest BCUT2D eigenvalue weighted by Crippen LogP contribution is 2.17. The molecule has 0 aliphatic carbocycles. The Labute approximate surface area is 171 Å². The maximum absolute atomic E-state index is 9.62. The standard InChI is InChI=1S/C22H18N6O2/c29-27-21-22(28-30)26-20-12-6-4-10-18(20)24-14-16-8-2-1-7-15(16)13-23-17-9-3-5-11-19(17)25-21/h1-14,29-30H,(H,25,27)(H,26,28). The van der Waals surface area contributed by atoms with Crippen LogP contribution in [0, 0.1) is 0 Å². The van der Waals surface area contributed by atoms with Crippen molar-refractivity contribution in [2.75, 3.05) is 11.0 Å². The predicted molar refractivity (Wildman–Crippen MR) is 116 cm³/mol. The number of aromatic nitrogens is 4. The Kier molecular flexibility index (Phi) is 5.70. The van der Waals surface area contributed by atoms with Crippen molar-refractivity contribution in [1.82, 2.24) is 19.9 Å². The molecule has 4 aromatic rings. The monoisotopic (exact) mass is 398 g/mol. The van der Waals surface area contributed by atoms with Crippen LogP contribution in [0.1, 0.15) is 0 Å². The van der Waals surface area contributed by atoms with E-state index in [0.717, 1.165) is 10.8 Å². The van der Waals surface area contributed by atoms with Gasteiger partial charge in [-0.05, 0) is 24.3 Å². The highest BCUT2D eigenvalue weighted by molar-refractivity contribution is 5.82.